The number of nitrogens with zero attached hydrogens (tertiary/aromatic N) is 4. The zero-order valence-corrected chi connectivity index (χ0v) is 37.9. The first-order valence-corrected chi connectivity index (χ1v) is 26.4. The smallest absolute Gasteiger partial charge is 0 e. The van der Waals surface area contributed by atoms with Crippen LogP contribution in [-0.2, 0) is 26.5 Å². The third-order valence-electron chi connectivity index (χ3n) is 9.58. The molecule has 299 valence electrons. The molecule has 0 amide bonds. The minimum absolute atomic E-state index is 0. The first kappa shape index (κ1) is 35.6. The van der Waals surface area contributed by atoms with Crippen LogP contribution >= 0.6 is 0 Å². The molecule has 0 saturated carbocycles. The molecule has 4 heterocycles. The van der Waals surface area contributed by atoms with E-state index in [2.05, 4.69) is 43.9 Å². The van der Waals surface area contributed by atoms with Gasteiger partial charge in [0.2, 0.25) is 5.71 Å². The Kier molecular flexibility index (Phi) is 10.1. The van der Waals surface area contributed by atoms with Crippen molar-refractivity contribution < 1.29 is 40.2 Å². The summed E-state index contributed by atoms with van der Waals surface area (Å²) < 4.78 is 79.7. The van der Waals surface area contributed by atoms with Crippen LogP contribution < -0.4 is 4.40 Å². The number of halogens is 2. The van der Waals surface area contributed by atoms with Crippen LogP contribution in [0.3, 0.4) is 0 Å². The molecular weight excluding hydrogens is 975 g/mol. The number of hydrogen-bond acceptors (Lipinski definition) is 4. The average molecular weight is 1020 g/mol. The van der Waals surface area contributed by atoms with Crippen molar-refractivity contribution in [3.8, 4) is 39.6 Å². The van der Waals surface area contributed by atoms with Gasteiger partial charge in [0.1, 0.15) is 11.6 Å². The van der Waals surface area contributed by atoms with E-state index in [-0.39, 0.29) is 42.8 Å². The van der Waals surface area contributed by atoms with Crippen molar-refractivity contribution in [2.24, 2.45) is 5.41 Å². The Morgan fingerprint density at radius 1 is 0.763 bits per heavy atom. The van der Waals surface area contributed by atoms with Gasteiger partial charge >= 0.3 is 145 Å². The van der Waals surface area contributed by atoms with E-state index >= 15 is 0 Å². The van der Waals surface area contributed by atoms with Crippen molar-refractivity contribution in [2.45, 2.75) is 51.3 Å². The van der Waals surface area contributed by atoms with Crippen LogP contribution in [0, 0.1) is 36.0 Å². The van der Waals surface area contributed by atoms with Gasteiger partial charge in [-0.3, -0.25) is 4.98 Å². The predicted molar refractivity (Wildman–Crippen MR) is 235 cm³/mol. The number of aryl methyl sites for hydroxylation is 1. The molecule has 0 atom stereocenters. The van der Waals surface area contributed by atoms with Gasteiger partial charge < -0.3 is 8.98 Å². The van der Waals surface area contributed by atoms with Crippen LogP contribution in [0.4, 0.5) is 8.78 Å². The number of fused-ring (bicyclic) bond motifs is 4. The zero-order chi connectivity index (χ0) is 45.1. The Bertz CT molecular complexity index is 3120. The molecular formula is C50H44F2GeIrN4O-2. The molecule has 9 heteroatoms. The molecule has 5 nitrogen and oxygen atoms in total. The van der Waals surface area contributed by atoms with E-state index in [1.165, 1.54) is 18.2 Å². The maximum atomic E-state index is 14.4. The number of imidazole rings is 1. The summed E-state index contributed by atoms with van der Waals surface area (Å²) in [4.78, 5) is 13.9. The van der Waals surface area contributed by atoms with Crippen molar-refractivity contribution >= 4 is 50.8 Å². The van der Waals surface area contributed by atoms with Gasteiger partial charge in [0.05, 0.1) is 33.7 Å². The Hall–Kier alpha value is -5.28. The van der Waals surface area contributed by atoms with E-state index < -0.39 is 43.5 Å². The summed E-state index contributed by atoms with van der Waals surface area (Å²) in [5.74, 6) is 5.58. The zero-order valence-electron chi connectivity index (χ0n) is 38.4. The topological polar surface area (TPSA) is 56.7 Å². The Morgan fingerprint density at radius 3 is 2.19 bits per heavy atom. The van der Waals surface area contributed by atoms with Crippen molar-refractivity contribution in [3.63, 3.8) is 0 Å². The second-order valence-electron chi connectivity index (χ2n) is 16.1. The molecule has 0 aliphatic heterocycles. The third-order valence-corrected chi connectivity index (χ3v) is 13.8. The molecule has 0 spiro atoms. The SMILES string of the molecule is Fc1cccc(F)c1-c1ccc2c(n1)oc1c(-c3nc4ccccc4n3-c3ccccc3)[c-]ccc12.[2H]C([2H])([2H])c1nc(-c2[c-]cccc2)cc(C([2H])([2H])C(C)(C)C)[c]1[Ge]([CH3])([CH3])[CH3].[Ir]. The van der Waals surface area contributed by atoms with Gasteiger partial charge in [-0.25, -0.2) is 13.8 Å². The summed E-state index contributed by atoms with van der Waals surface area (Å²) in [6.07, 6.45) is -1.70. The molecule has 9 aromatic rings. The molecule has 4 aromatic heterocycles. The molecule has 0 aliphatic rings. The van der Waals surface area contributed by atoms with Crippen LogP contribution in [0.25, 0.3) is 72.7 Å². The quantitative estimate of drug-likeness (QED) is 0.123. The summed E-state index contributed by atoms with van der Waals surface area (Å²) in [5, 5.41) is 1.56. The number of pyridine rings is 2. The van der Waals surface area contributed by atoms with Crippen LogP contribution in [0.2, 0.25) is 17.3 Å². The van der Waals surface area contributed by atoms with Crippen LogP contribution in [-0.4, -0.2) is 32.8 Å². The number of aromatic nitrogens is 4. The monoisotopic (exact) mass is 1030 g/mol. The fraction of sp³-hybridized carbons (Fsp3) is 0.180. The molecule has 5 aromatic carbocycles. The summed E-state index contributed by atoms with van der Waals surface area (Å²) in [5.41, 5.74) is 5.20. The summed E-state index contributed by atoms with van der Waals surface area (Å²) in [7, 11) is 0. The Balaban J connectivity index is 0.000000197. The third kappa shape index (κ3) is 8.58. The van der Waals surface area contributed by atoms with Gasteiger partial charge in [0, 0.05) is 31.2 Å². The van der Waals surface area contributed by atoms with Crippen LogP contribution in [0.15, 0.2) is 132 Å². The van der Waals surface area contributed by atoms with Crippen LogP contribution in [0.5, 0.6) is 0 Å². The molecule has 59 heavy (non-hydrogen) atoms. The molecule has 0 saturated heterocycles. The standard InChI is InChI=1S/C30H16F2N3O.C20H28GeN.Ir/c31-22-12-7-13-23(32)27(22)25-17-16-20-19-10-6-11-21(28(19)36-30(20)34-25)29-33-24-14-4-5-15-26(24)35(29)18-8-2-1-3-9-18;1-15-19(21(5,6)7)17(14-20(2,3)4)13-18(22-15)16-11-9-8-10-12-16;/h1-10,12-17H;8-11,13H,14H2,1-7H3;/q2*-1;/i;1D3,14D2;. The minimum atomic E-state index is -2.79. The van der Waals surface area contributed by atoms with Crippen molar-refractivity contribution in [2.75, 3.05) is 0 Å². The molecule has 0 aliphatic carbocycles. The summed E-state index contributed by atoms with van der Waals surface area (Å²) in [6.45, 7) is 3.13. The molecule has 1 radical (unpaired) electrons. The van der Waals surface area contributed by atoms with Crippen molar-refractivity contribution in [1.82, 2.24) is 19.5 Å². The van der Waals surface area contributed by atoms with Crippen molar-refractivity contribution in [3.05, 3.63) is 162 Å². The minimum Gasteiger partial charge on any atom is 0 e. The fourth-order valence-electron chi connectivity index (χ4n) is 7.20. The van der Waals surface area contributed by atoms with Gasteiger partial charge in [-0.05, 0) is 48.5 Å². The maximum Gasteiger partial charge on any atom is 0 e. The van der Waals surface area contributed by atoms with E-state index in [9.17, 15) is 8.78 Å². The van der Waals surface area contributed by atoms with Gasteiger partial charge in [-0.15, -0.1) is 18.2 Å². The molecule has 0 N–H and O–H groups in total. The number of hydrogen-bond donors (Lipinski definition) is 0. The summed E-state index contributed by atoms with van der Waals surface area (Å²) >= 11 is -2.79. The van der Waals surface area contributed by atoms with E-state index in [4.69, 9.17) is 16.3 Å². The van der Waals surface area contributed by atoms with E-state index in [0.29, 0.717) is 38.2 Å². The molecule has 0 fully saturated rings. The first-order chi connectivity index (χ1) is 29.8. The molecule has 0 bridgehead atoms. The normalized spacial score (nSPS) is 13.5. The molecule has 9 rings (SSSR count). The Morgan fingerprint density at radius 2 is 1.49 bits per heavy atom. The number of benzene rings is 5. The van der Waals surface area contributed by atoms with Gasteiger partial charge in [-0.2, -0.15) is 0 Å². The number of rotatable bonds is 6. The average Bonchev–Trinajstić information content (AvgIpc) is 3.81. The predicted octanol–water partition coefficient (Wildman–Crippen LogP) is 12.7. The van der Waals surface area contributed by atoms with Gasteiger partial charge in [0.15, 0.2) is 0 Å². The number of furan rings is 1. The maximum absolute atomic E-state index is 14.4. The van der Waals surface area contributed by atoms with E-state index in [1.54, 1.807) is 24.3 Å². The van der Waals surface area contributed by atoms with Crippen molar-refractivity contribution in [1.29, 1.82) is 0 Å². The van der Waals surface area contributed by atoms with E-state index in [1.807, 2.05) is 106 Å². The summed E-state index contributed by atoms with van der Waals surface area (Å²) in [6, 6.07) is 44.1. The molecule has 0 unspecified atom stereocenters. The Labute approximate surface area is 367 Å². The fourth-order valence-corrected chi connectivity index (χ4v) is 10.8. The second-order valence-corrected chi connectivity index (χ2v) is 26.6. The second kappa shape index (κ2) is 16.8. The van der Waals surface area contributed by atoms with Gasteiger partial charge in [0.25, 0.3) is 0 Å². The van der Waals surface area contributed by atoms with Gasteiger partial charge in [-0.1, -0.05) is 47.3 Å². The largest absolute Gasteiger partial charge is 0 e. The van der Waals surface area contributed by atoms with E-state index in [0.717, 1.165) is 27.5 Å². The first-order valence-electron chi connectivity index (χ1n) is 21.5. The number of para-hydroxylation sites is 3. The van der Waals surface area contributed by atoms with Crippen LogP contribution in [0.1, 0.15) is 38.9 Å².